The molecule has 0 N–H and O–H groups in total. The summed E-state index contributed by atoms with van der Waals surface area (Å²) in [6, 6.07) is 11.5. The standard InChI is InChI=1S/C15H10N2O2/c1-18-15-8-17-13(6-10(15)7-16)12-9-19-14-5-3-2-4-11(12)14/h2-6,8-9H,1H3. The predicted octanol–water partition coefficient (Wildman–Crippen LogP) is 3.38. The van der Waals surface area contributed by atoms with Crippen LogP contribution >= 0.6 is 0 Å². The van der Waals surface area contributed by atoms with Crippen molar-refractivity contribution in [3.63, 3.8) is 0 Å². The number of nitriles is 1. The van der Waals surface area contributed by atoms with E-state index in [2.05, 4.69) is 11.1 Å². The summed E-state index contributed by atoms with van der Waals surface area (Å²) < 4.78 is 10.6. The topological polar surface area (TPSA) is 59.1 Å². The fourth-order valence-corrected chi connectivity index (χ4v) is 2.02. The molecule has 0 fully saturated rings. The van der Waals surface area contributed by atoms with Gasteiger partial charge in [0.1, 0.15) is 17.9 Å². The average Bonchev–Trinajstić information content (AvgIpc) is 2.90. The molecule has 0 unspecified atom stereocenters. The van der Waals surface area contributed by atoms with E-state index < -0.39 is 0 Å². The van der Waals surface area contributed by atoms with E-state index >= 15 is 0 Å². The van der Waals surface area contributed by atoms with Crippen LogP contribution in [0.1, 0.15) is 5.56 Å². The molecule has 1 aromatic carbocycles. The van der Waals surface area contributed by atoms with Gasteiger partial charge in [-0.15, -0.1) is 0 Å². The van der Waals surface area contributed by atoms with E-state index in [0.717, 1.165) is 16.5 Å². The fourth-order valence-electron chi connectivity index (χ4n) is 2.02. The smallest absolute Gasteiger partial charge is 0.154 e. The minimum absolute atomic E-state index is 0.456. The highest BCUT2D eigenvalue weighted by atomic mass is 16.5. The lowest BCUT2D eigenvalue weighted by Crippen LogP contribution is -1.91. The molecule has 2 heterocycles. The Morgan fingerprint density at radius 1 is 1.32 bits per heavy atom. The Bertz CT molecular complexity index is 784. The number of pyridine rings is 1. The lowest BCUT2D eigenvalue weighted by Gasteiger charge is -2.03. The summed E-state index contributed by atoms with van der Waals surface area (Å²) in [4.78, 5) is 4.31. The fraction of sp³-hybridized carbons (Fsp3) is 0.0667. The normalized spacial score (nSPS) is 10.3. The van der Waals surface area contributed by atoms with Crippen molar-refractivity contribution < 1.29 is 9.15 Å². The second-order valence-electron chi connectivity index (χ2n) is 4.03. The molecular formula is C15H10N2O2. The Labute approximate surface area is 109 Å². The van der Waals surface area contributed by atoms with E-state index in [9.17, 15) is 0 Å². The summed E-state index contributed by atoms with van der Waals surface area (Å²) in [5, 5.41) is 10.1. The van der Waals surface area contributed by atoms with Gasteiger partial charge in [-0.3, -0.25) is 4.98 Å². The Balaban J connectivity index is 2.20. The second kappa shape index (κ2) is 4.46. The Morgan fingerprint density at radius 3 is 2.95 bits per heavy atom. The molecule has 0 bridgehead atoms. The Kier molecular flexibility index (Phi) is 2.66. The SMILES string of the molecule is COc1cnc(-c2coc3ccccc23)cc1C#N. The van der Waals surface area contributed by atoms with E-state index in [0.29, 0.717) is 17.0 Å². The molecular weight excluding hydrogens is 240 g/mol. The number of para-hydroxylation sites is 1. The van der Waals surface area contributed by atoms with Crippen LogP contribution in [-0.4, -0.2) is 12.1 Å². The molecule has 0 saturated carbocycles. The number of rotatable bonds is 2. The summed E-state index contributed by atoms with van der Waals surface area (Å²) in [6.45, 7) is 0. The first-order valence-corrected chi connectivity index (χ1v) is 5.74. The molecule has 0 amide bonds. The van der Waals surface area contributed by atoms with Crippen LogP contribution < -0.4 is 4.74 Å². The van der Waals surface area contributed by atoms with E-state index in [1.807, 2.05) is 24.3 Å². The van der Waals surface area contributed by atoms with Crippen LogP contribution in [0.2, 0.25) is 0 Å². The van der Waals surface area contributed by atoms with Crippen LogP contribution in [-0.2, 0) is 0 Å². The third-order valence-corrected chi connectivity index (χ3v) is 2.96. The molecule has 3 rings (SSSR count). The monoisotopic (exact) mass is 250 g/mol. The van der Waals surface area contributed by atoms with Crippen LogP contribution in [0.15, 0.2) is 47.2 Å². The van der Waals surface area contributed by atoms with Crippen molar-refractivity contribution in [3.8, 4) is 23.1 Å². The van der Waals surface area contributed by atoms with Gasteiger partial charge in [0.15, 0.2) is 5.75 Å². The molecule has 0 aliphatic heterocycles. The van der Waals surface area contributed by atoms with Gasteiger partial charge in [-0.25, -0.2) is 0 Å². The number of hydrogen-bond donors (Lipinski definition) is 0. The molecule has 0 spiro atoms. The molecule has 2 aromatic heterocycles. The highest BCUT2D eigenvalue weighted by molar-refractivity contribution is 5.93. The van der Waals surface area contributed by atoms with Gasteiger partial charge in [0, 0.05) is 10.9 Å². The molecule has 0 radical (unpaired) electrons. The first-order valence-electron chi connectivity index (χ1n) is 5.74. The van der Waals surface area contributed by atoms with Crippen molar-refractivity contribution in [1.82, 2.24) is 4.98 Å². The number of methoxy groups -OCH3 is 1. The number of benzene rings is 1. The van der Waals surface area contributed by atoms with Gasteiger partial charge in [0.2, 0.25) is 0 Å². The molecule has 92 valence electrons. The summed E-state index contributed by atoms with van der Waals surface area (Å²) >= 11 is 0. The predicted molar refractivity (Wildman–Crippen MR) is 70.7 cm³/mol. The maximum absolute atomic E-state index is 9.10. The Morgan fingerprint density at radius 2 is 2.16 bits per heavy atom. The quantitative estimate of drug-likeness (QED) is 0.699. The number of aromatic nitrogens is 1. The van der Waals surface area contributed by atoms with E-state index in [1.165, 1.54) is 7.11 Å². The zero-order chi connectivity index (χ0) is 13.2. The van der Waals surface area contributed by atoms with Gasteiger partial charge in [-0.05, 0) is 12.1 Å². The summed E-state index contributed by atoms with van der Waals surface area (Å²) in [6.07, 6.45) is 3.20. The van der Waals surface area contributed by atoms with Crippen molar-refractivity contribution >= 4 is 11.0 Å². The highest BCUT2D eigenvalue weighted by Crippen LogP contribution is 2.31. The van der Waals surface area contributed by atoms with Crippen molar-refractivity contribution in [3.05, 3.63) is 48.4 Å². The molecule has 4 nitrogen and oxygen atoms in total. The van der Waals surface area contributed by atoms with Crippen molar-refractivity contribution in [2.24, 2.45) is 0 Å². The van der Waals surface area contributed by atoms with Crippen molar-refractivity contribution in [1.29, 1.82) is 5.26 Å². The van der Waals surface area contributed by atoms with Gasteiger partial charge >= 0.3 is 0 Å². The van der Waals surface area contributed by atoms with Crippen LogP contribution in [0.3, 0.4) is 0 Å². The molecule has 0 atom stereocenters. The number of hydrogen-bond acceptors (Lipinski definition) is 4. The molecule has 0 aliphatic carbocycles. The van der Waals surface area contributed by atoms with E-state index in [1.54, 1.807) is 18.5 Å². The van der Waals surface area contributed by atoms with Gasteiger partial charge in [0.05, 0.1) is 24.6 Å². The average molecular weight is 250 g/mol. The molecule has 3 aromatic rings. The minimum atomic E-state index is 0.456. The minimum Gasteiger partial charge on any atom is -0.494 e. The number of nitrogens with zero attached hydrogens (tertiary/aromatic N) is 2. The zero-order valence-corrected chi connectivity index (χ0v) is 10.3. The maximum Gasteiger partial charge on any atom is 0.154 e. The van der Waals surface area contributed by atoms with E-state index in [4.69, 9.17) is 14.4 Å². The molecule has 19 heavy (non-hydrogen) atoms. The first-order chi connectivity index (χ1) is 9.33. The molecule has 0 saturated heterocycles. The second-order valence-corrected chi connectivity index (χ2v) is 4.03. The third kappa shape index (κ3) is 1.81. The van der Waals surface area contributed by atoms with Gasteiger partial charge in [-0.1, -0.05) is 18.2 Å². The largest absolute Gasteiger partial charge is 0.494 e. The highest BCUT2D eigenvalue weighted by Gasteiger charge is 2.11. The van der Waals surface area contributed by atoms with Gasteiger partial charge in [0.25, 0.3) is 0 Å². The van der Waals surface area contributed by atoms with Crippen molar-refractivity contribution in [2.75, 3.05) is 7.11 Å². The third-order valence-electron chi connectivity index (χ3n) is 2.96. The summed E-state index contributed by atoms with van der Waals surface area (Å²) in [5.74, 6) is 0.471. The summed E-state index contributed by atoms with van der Waals surface area (Å²) in [7, 11) is 1.52. The zero-order valence-electron chi connectivity index (χ0n) is 10.3. The lowest BCUT2D eigenvalue weighted by atomic mass is 10.1. The van der Waals surface area contributed by atoms with Gasteiger partial charge in [-0.2, -0.15) is 5.26 Å². The molecule has 0 aliphatic rings. The maximum atomic E-state index is 9.10. The van der Waals surface area contributed by atoms with E-state index in [-0.39, 0.29) is 0 Å². The Hall–Kier alpha value is -2.80. The number of fused-ring (bicyclic) bond motifs is 1. The van der Waals surface area contributed by atoms with Crippen LogP contribution in [0.5, 0.6) is 5.75 Å². The van der Waals surface area contributed by atoms with Crippen molar-refractivity contribution in [2.45, 2.75) is 0 Å². The summed E-state index contributed by atoms with van der Waals surface area (Å²) in [5.41, 5.74) is 2.82. The number of ether oxygens (including phenoxy) is 1. The van der Waals surface area contributed by atoms with Crippen LogP contribution in [0.25, 0.3) is 22.2 Å². The number of furan rings is 1. The lowest BCUT2D eigenvalue weighted by molar-refractivity contribution is 0.411. The van der Waals surface area contributed by atoms with Crippen LogP contribution in [0.4, 0.5) is 0 Å². The first kappa shape index (κ1) is 11.3. The molecule has 4 heteroatoms. The van der Waals surface area contributed by atoms with Gasteiger partial charge < -0.3 is 9.15 Å². The van der Waals surface area contributed by atoms with Crippen LogP contribution in [0, 0.1) is 11.3 Å².